The fourth-order valence-corrected chi connectivity index (χ4v) is 3.36. The van der Waals surface area contributed by atoms with Crippen molar-refractivity contribution in [2.24, 2.45) is 0 Å². The third-order valence-corrected chi connectivity index (χ3v) is 4.38. The van der Waals surface area contributed by atoms with Crippen molar-refractivity contribution in [1.82, 2.24) is 4.57 Å². The lowest BCUT2D eigenvalue weighted by Gasteiger charge is -2.19. The van der Waals surface area contributed by atoms with Gasteiger partial charge in [0.15, 0.2) is 0 Å². The summed E-state index contributed by atoms with van der Waals surface area (Å²) in [6, 6.07) is 14.0. The predicted molar refractivity (Wildman–Crippen MR) is 97.5 cm³/mol. The number of aromatic nitrogens is 1. The molecule has 0 fully saturated rings. The van der Waals surface area contributed by atoms with Gasteiger partial charge in [0, 0.05) is 16.8 Å². The van der Waals surface area contributed by atoms with Gasteiger partial charge in [-0.3, -0.25) is 9.36 Å². The van der Waals surface area contributed by atoms with Gasteiger partial charge >= 0.3 is 0 Å². The Morgan fingerprint density at radius 1 is 0.875 bits per heavy atom. The Labute approximate surface area is 141 Å². The summed E-state index contributed by atoms with van der Waals surface area (Å²) in [7, 11) is 0. The molecule has 24 heavy (non-hydrogen) atoms. The highest BCUT2D eigenvalue weighted by molar-refractivity contribution is 5.86. The maximum absolute atomic E-state index is 13.3. The van der Waals surface area contributed by atoms with Crippen LogP contribution in [0.15, 0.2) is 53.3 Å². The summed E-state index contributed by atoms with van der Waals surface area (Å²) in [6.07, 6.45) is 3.72. The largest absolute Gasteiger partial charge is 0.280 e. The first-order valence-electron chi connectivity index (χ1n) is 8.58. The number of hydrogen-bond donors (Lipinski definition) is 0. The summed E-state index contributed by atoms with van der Waals surface area (Å²) < 4.78 is 15.1. The molecule has 0 bridgehead atoms. The molecule has 0 saturated heterocycles. The molecule has 2 aromatic carbocycles. The Morgan fingerprint density at radius 3 is 2.12 bits per heavy atom. The average molecular weight is 323 g/mol. The normalized spacial score (nSPS) is 11.1. The van der Waals surface area contributed by atoms with Crippen molar-refractivity contribution >= 4 is 10.8 Å². The van der Waals surface area contributed by atoms with E-state index in [9.17, 15) is 9.18 Å². The molecule has 0 aliphatic rings. The minimum atomic E-state index is -0.293. The van der Waals surface area contributed by atoms with Gasteiger partial charge in [0.2, 0.25) is 0 Å². The van der Waals surface area contributed by atoms with E-state index in [2.05, 4.69) is 13.8 Å². The molecule has 0 radical (unpaired) electrons. The van der Waals surface area contributed by atoms with Crippen LogP contribution >= 0.6 is 0 Å². The van der Waals surface area contributed by atoms with Crippen molar-refractivity contribution in [2.75, 3.05) is 0 Å². The molecule has 1 heterocycles. The summed E-state index contributed by atoms with van der Waals surface area (Å²) in [5.74, 6) is -0.293. The topological polar surface area (TPSA) is 22.0 Å². The molecule has 0 atom stereocenters. The van der Waals surface area contributed by atoms with E-state index in [-0.39, 0.29) is 11.4 Å². The fourth-order valence-electron chi connectivity index (χ4n) is 3.36. The molecule has 0 N–H and O–H groups in total. The van der Waals surface area contributed by atoms with Crippen LogP contribution in [-0.4, -0.2) is 4.57 Å². The number of aryl methyl sites for hydroxylation is 1. The zero-order valence-corrected chi connectivity index (χ0v) is 14.2. The van der Waals surface area contributed by atoms with Gasteiger partial charge in [-0.05, 0) is 54.1 Å². The molecule has 3 heteroatoms. The monoisotopic (exact) mass is 323 g/mol. The number of fused-ring (bicyclic) bond motifs is 1. The summed E-state index contributed by atoms with van der Waals surface area (Å²) in [5, 5.41) is 1.77. The molecule has 0 aliphatic heterocycles. The van der Waals surface area contributed by atoms with E-state index in [4.69, 9.17) is 0 Å². The number of benzene rings is 2. The van der Waals surface area contributed by atoms with Crippen molar-refractivity contribution in [3.8, 4) is 5.69 Å². The van der Waals surface area contributed by atoms with E-state index < -0.39 is 0 Å². The molecule has 124 valence electrons. The molecular formula is C21H22FNO. The molecular weight excluding hydrogens is 301 g/mol. The minimum Gasteiger partial charge on any atom is -0.280 e. The van der Waals surface area contributed by atoms with Crippen LogP contribution in [0.5, 0.6) is 0 Å². The van der Waals surface area contributed by atoms with Crippen molar-refractivity contribution in [3.05, 3.63) is 76.0 Å². The molecule has 1 aromatic heterocycles. The third kappa shape index (κ3) is 2.86. The summed E-state index contributed by atoms with van der Waals surface area (Å²) in [6.45, 7) is 4.27. The van der Waals surface area contributed by atoms with Crippen LogP contribution in [0.3, 0.4) is 0 Å². The maximum atomic E-state index is 13.3. The van der Waals surface area contributed by atoms with Gasteiger partial charge in [0.1, 0.15) is 5.82 Å². The van der Waals surface area contributed by atoms with Crippen LogP contribution in [0.1, 0.15) is 37.9 Å². The number of pyridine rings is 1. The number of rotatable bonds is 5. The van der Waals surface area contributed by atoms with Gasteiger partial charge in [0.25, 0.3) is 5.56 Å². The predicted octanol–water partition coefficient (Wildman–Crippen LogP) is 5.03. The summed E-state index contributed by atoms with van der Waals surface area (Å²) in [4.78, 5) is 13.1. The Hall–Kier alpha value is -2.42. The van der Waals surface area contributed by atoms with Gasteiger partial charge in [-0.1, -0.05) is 44.9 Å². The number of nitrogens with zero attached hydrogens (tertiary/aromatic N) is 1. The van der Waals surface area contributed by atoms with E-state index in [1.165, 1.54) is 17.7 Å². The quantitative estimate of drug-likeness (QED) is 0.645. The van der Waals surface area contributed by atoms with Crippen molar-refractivity contribution in [1.29, 1.82) is 0 Å². The SMILES string of the molecule is CCCc1c(CCC)n(-c2ccc(F)cc2)c(=O)c2ccccc12. The smallest absolute Gasteiger partial charge is 0.263 e. The average Bonchev–Trinajstić information content (AvgIpc) is 2.60. The van der Waals surface area contributed by atoms with Gasteiger partial charge in [-0.15, -0.1) is 0 Å². The second-order valence-corrected chi connectivity index (χ2v) is 6.09. The summed E-state index contributed by atoms with van der Waals surface area (Å²) >= 11 is 0. The van der Waals surface area contributed by atoms with Crippen LogP contribution in [-0.2, 0) is 12.8 Å². The minimum absolute atomic E-state index is 0.0273. The second kappa shape index (κ2) is 7.00. The lowest BCUT2D eigenvalue weighted by atomic mass is 9.97. The third-order valence-electron chi connectivity index (χ3n) is 4.38. The zero-order chi connectivity index (χ0) is 17.1. The second-order valence-electron chi connectivity index (χ2n) is 6.09. The summed E-state index contributed by atoms with van der Waals surface area (Å²) in [5.41, 5.74) is 2.99. The molecule has 3 rings (SSSR count). The van der Waals surface area contributed by atoms with E-state index in [0.29, 0.717) is 0 Å². The van der Waals surface area contributed by atoms with Gasteiger partial charge in [-0.25, -0.2) is 4.39 Å². The first-order valence-corrected chi connectivity index (χ1v) is 8.58. The first kappa shape index (κ1) is 16.4. The highest BCUT2D eigenvalue weighted by Crippen LogP contribution is 2.25. The molecule has 0 spiro atoms. The van der Waals surface area contributed by atoms with E-state index in [0.717, 1.165) is 47.8 Å². The van der Waals surface area contributed by atoms with Crippen molar-refractivity contribution < 1.29 is 4.39 Å². The Morgan fingerprint density at radius 2 is 1.50 bits per heavy atom. The van der Waals surface area contributed by atoms with Crippen LogP contribution in [0.4, 0.5) is 4.39 Å². The van der Waals surface area contributed by atoms with Gasteiger partial charge in [0.05, 0.1) is 0 Å². The van der Waals surface area contributed by atoms with Crippen molar-refractivity contribution in [2.45, 2.75) is 39.5 Å². The first-order chi connectivity index (χ1) is 11.7. The Kier molecular flexibility index (Phi) is 4.79. The molecule has 0 saturated carbocycles. The van der Waals surface area contributed by atoms with E-state index in [1.54, 1.807) is 16.7 Å². The van der Waals surface area contributed by atoms with Crippen LogP contribution < -0.4 is 5.56 Å². The number of hydrogen-bond acceptors (Lipinski definition) is 1. The molecule has 3 aromatic rings. The Balaban J connectivity index is 2.41. The van der Waals surface area contributed by atoms with Crippen LogP contribution in [0, 0.1) is 5.82 Å². The number of halogens is 1. The molecule has 0 aliphatic carbocycles. The molecule has 2 nitrogen and oxygen atoms in total. The molecule has 0 amide bonds. The molecule has 0 unspecified atom stereocenters. The lowest BCUT2D eigenvalue weighted by Crippen LogP contribution is -2.24. The van der Waals surface area contributed by atoms with E-state index in [1.807, 2.05) is 24.3 Å². The van der Waals surface area contributed by atoms with Crippen LogP contribution in [0.25, 0.3) is 16.5 Å². The fraction of sp³-hybridized carbons (Fsp3) is 0.286. The van der Waals surface area contributed by atoms with Gasteiger partial charge in [-0.2, -0.15) is 0 Å². The highest BCUT2D eigenvalue weighted by Gasteiger charge is 2.16. The lowest BCUT2D eigenvalue weighted by molar-refractivity contribution is 0.627. The highest BCUT2D eigenvalue weighted by atomic mass is 19.1. The van der Waals surface area contributed by atoms with Crippen molar-refractivity contribution in [3.63, 3.8) is 0 Å². The van der Waals surface area contributed by atoms with E-state index >= 15 is 0 Å². The maximum Gasteiger partial charge on any atom is 0.263 e. The Bertz CT molecular complexity index is 910. The van der Waals surface area contributed by atoms with Gasteiger partial charge < -0.3 is 0 Å². The zero-order valence-electron chi connectivity index (χ0n) is 14.2. The standard InChI is InChI=1S/C21H22FNO/c1-3-7-18-17-9-5-6-10-19(17)21(24)23(20(18)8-4-2)16-13-11-15(22)12-14-16/h5-6,9-14H,3-4,7-8H2,1-2H3. The van der Waals surface area contributed by atoms with Crippen LogP contribution in [0.2, 0.25) is 0 Å².